The van der Waals surface area contributed by atoms with Crippen LogP contribution in [0.5, 0.6) is 0 Å². The van der Waals surface area contributed by atoms with Crippen LogP contribution in [0.1, 0.15) is 40.5 Å². The predicted octanol–water partition coefficient (Wildman–Crippen LogP) is 4.53. The van der Waals surface area contributed by atoms with E-state index in [1.807, 2.05) is 42.5 Å². The second-order valence-corrected chi connectivity index (χ2v) is 6.64. The Kier molecular flexibility index (Phi) is 4.19. The highest BCUT2D eigenvalue weighted by Crippen LogP contribution is 2.39. The van der Waals surface area contributed by atoms with Crippen LogP contribution in [0.15, 0.2) is 54.6 Å². The molecule has 1 heterocycles. The number of aromatic nitrogens is 2. The summed E-state index contributed by atoms with van der Waals surface area (Å²) in [5.41, 5.74) is 3.15. The summed E-state index contributed by atoms with van der Waals surface area (Å²) < 4.78 is 1.67. The fourth-order valence-electron chi connectivity index (χ4n) is 2.78. The molecule has 1 aliphatic rings. The van der Waals surface area contributed by atoms with Gasteiger partial charge >= 0.3 is 0 Å². The predicted molar refractivity (Wildman–Crippen MR) is 99.7 cm³/mol. The molecule has 2 aromatic carbocycles. The van der Waals surface area contributed by atoms with Crippen LogP contribution in [0.2, 0.25) is 5.02 Å². The first-order valence-electron chi connectivity index (χ1n) is 8.32. The minimum Gasteiger partial charge on any atom is -0.321 e. The number of carbonyl (C=O) groups is 1. The van der Waals surface area contributed by atoms with Gasteiger partial charge in [-0.25, -0.2) is 4.68 Å². The summed E-state index contributed by atoms with van der Waals surface area (Å²) in [7, 11) is 0. The largest absolute Gasteiger partial charge is 0.321 e. The van der Waals surface area contributed by atoms with E-state index < -0.39 is 0 Å². The van der Waals surface area contributed by atoms with Gasteiger partial charge in [-0.05, 0) is 49.2 Å². The van der Waals surface area contributed by atoms with Gasteiger partial charge in [-0.3, -0.25) is 4.79 Å². The maximum atomic E-state index is 12.9. The molecule has 5 nitrogen and oxygen atoms in total. The van der Waals surface area contributed by atoms with E-state index in [4.69, 9.17) is 16.9 Å². The Morgan fingerprint density at radius 2 is 1.96 bits per heavy atom. The molecule has 4 rings (SSSR count). The van der Waals surface area contributed by atoms with Crippen molar-refractivity contribution in [2.45, 2.75) is 18.8 Å². The van der Waals surface area contributed by atoms with Crippen molar-refractivity contribution in [2.75, 3.05) is 5.32 Å². The van der Waals surface area contributed by atoms with Crippen molar-refractivity contribution in [1.29, 1.82) is 5.26 Å². The van der Waals surface area contributed by atoms with Crippen molar-refractivity contribution in [3.8, 4) is 11.8 Å². The zero-order chi connectivity index (χ0) is 18.1. The molecule has 0 radical (unpaired) electrons. The molecule has 0 unspecified atom stereocenters. The summed E-state index contributed by atoms with van der Waals surface area (Å²) in [5, 5.41) is 16.7. The molecular weight excluding hydrogens is 348 g/mol. The second kappa shape index (κ2) is 6.66. The molecule has 1 N–H and O–H groups in total. The number of halogens is 1. The molecule has 0 bridgehead atoms. The lowest BCUT2D eigenvalue weighted by atomic mass is 10.2. The van der Waals surface area contributed by atoms with Crippen LogP contribution in [-0.4, -0.2) is 15.7 Å². The number of nitrogens with zero attached hydrogens (tertiary/aromatic N) is 3. The Balaban J connectivity index is 1.67. The molecule has 0 atom stereocenters. The van der Waals surface area contributed by atoms with Crippen molar-refractivity contribution < 1.29 is 4.79 Å². The second-order valence-electron chi connectivity index (χ2n) is 6.24. The first kappa shape index (κ1) is 16.4. The van der Waals surface area contributed by atoms with Crippen molar-refractivity contribution in [2.24, 2.45) is 0 Å². The topological polar surface area (TPSA) is 70.7 Å². The quantitative estimate of drug-likeness (QED) is 0.741. The van der Waals surface area contributed by atoms with Gasteiger partial charge in [-0.15, -0.1) is 0 Å². The minimum absolute atomic E-state index is 0.269. The van der Waals surface area contributed by atoms with Gasteiger partial charge in [0.25, 0.3) is 5.91 Å². The van der Waals surface area contributed by atoms with E-state index in [2.05, 4.69) is 10.4 Å². The normalized spacial score (nSPS) is 13.2. The number of nitriles is 1. The van der Waals surface area contributed by atoms with Crippen molar-refractivity contribution in [3.63, 3.8) is 0 Å². The molecule has 6 heteroatoms. The number of rotatable bonds is 4. The molecular formula is C20H15ClN4O. The van der Waals surface area contributed by atoms with Crippen LogP contribution in [-0.2, 0) is 0 Å². The lowest BCUT2D eigenvalue weighted by molar-refractivity contribution is 0.101. The van der Waals surface area contributed by atoms with Gasteiger partial charge in [-0.1, -0.05) is 29.8 Å². The molecule has 1 fully saturated rings. The van der Waals surface area contributed by atoms with Gasteiger partial charge in [0.05, 0.1) is 22.0 Å². The van der Waals surface area contributed by atoms with Gasteiger partial charge in [0.1, 0.15) is 11.8 Å². The van der Waals surface area contributed by atoms with E-state index in [-0.39, 0.29) is 5.91 Å². The molecule has 3 aromatic rings. The Bertz CT molecular complexity index is 1020. The number of hydrogen-bond acceptors (Lipinski definition) is 3. The van der Waals surface area contributed by atoms with E-state index in [1.165, 1.54) is 0 Å². The summed E-state index contributed by atoms with van der Waals surface area (Å²) in [6.07, 6.45) is 2.22. The molecule has 1 aliphatic carbocycles. The van der Waals surface area contributed by atoms with Crippen LogP contribution >= 0.6 is 11.6 Å². The van der Waals surface area contributed by atoms with Crippen LogP contribution in [0.3, 0.4) is 0 Å². The summed E-state index contributed by atoms with van der Waals surface area (Å²) in [6.45, 7) is 0. The van der Waals surface area contributed by atoms with Gasteiger partial charge < -0.3 is 5.32 Å². The minimum atomic E-state index is -0.269. The number of para-hydroxylation sites is 1. The van der Waals surface area contributed by atoms with Gasteiger partial charge in [0.2, 0.25) is 0 Å². The Morgan fingerprint density at radius 1 is 1.19 bits per heavy atom. The molecule has 26 heavy (non-hydrogen) atoms. The third kappa shape index (κ3) is 3.19. The lowest BCUT2D eigenvalue weighted by Crippen LogP contribution is -2.17. The molecule has 0 spiro atoms. The van der Waals surface area contributed by atoms with Gasteiger partial charge in [-0.2, -0.15) is 10.4 Å². The van der Waals surface area contributed by atoms with E-state index >= 15 is 0 Å². The monoisotopic (exact) mass is 362 g/mol. The Morgan fingerprint density at radius 3 is 2.62 bits per heavy atom. The summed E-state index contributed by atoms with van der Waals surface area (Å²) >= 11 is 6.05. The molecule has 0 saturated heterocycles. The van der Waals surface area contributed by atoms with Gasteiger partial charge in [0.15, 0.2) is 0 Å². The highest BCUT2D eigenvalue weighted by Gasteiger charge is 2.29. The van der Waals surface area contributed by atoms with E-state index in [1.54, 1.807) is 22.9 Å². The Hall–Kier alpha value is -3.10. The first-order valence-corrected chi connectivity index (χ1v) is 8.70. The van der Waals surface area contributed by atoms with E-state index in [9.17, 15) is 4.79 Å². The third-order valence-corrected chi connectivity index (χ3v) is 4.62. The maximum absolute atomic E-state index is 12.9. The summed E-state index contributed by atoms with van der Waals surface area (Å²) in [4.78, 5) is 12.9. The van der Waals surface area contributed by atoms with Crippen LogP contribution in [0.4, 0.5) is 5.69 Å². The van der Waals surface area contributed by atoms with Crippen LogP contribution in [0, 0.1) is 11.3 Å². The lowest BCUT2D eigenvalue weighted by Gasteiger charge is -2.09. The fourth-order valence-corrected chi connectivity index (χ4v) is 3.01. The van der Waals surface area contributed by atoms with Crippen molar-refractivity contribution >= 4 is 23.2 Å². The standard InChI is InChI=1S/C20H15ClN4O/c21-17-10-15(9-8-14(17)12-22)23-20(26)19-11-18(13-6-7-13)24-25(19)16-4-2-1-3-5-16/h1-5,8-11,13H,6-7H2,(H,23,26). The number of carbonyl (C=O) groups excluding carboxylic acids is 1. The fraction of sp³-hybridized carbons (Fsp3) is 0.150. The maximum Gasteiger partial charge on any atom is 0.274 e. The SMILES string of the molecule is N#Cc1ccc(NC(=O)c2cc(C3CC3)nn2-c2ccccc2)cc1Cl. The van der Waals surface area contributed by atoms with Crippen molar-refractivity contribution in [1.82, 2.24) is 9.78 Å². The average molecular weight is 363 g/mol. The smallest absolute Gasteiger partial charge is 0.274 e. The summed E-state index contributed by atoms with van der Waals surface area (Å²) in [5.74, 6) is 0.171. The highest BCUT2D eigenvalue weighted by molar-refractivity contribution is 6.32. The number of nitrogens with one attached hydrogen (secondary N) is 1. The Labute approximate surface area is 155 Å². The molecule has 1 amide bonds. The third-order valence-electron chi connectivity index (χ3n) is 4.30. The van der Waals surface area contributed by atoms with Crippen molar-refractivity contribution in [3.05, 3.63) is 76.6 Å². The first-order chi connectivity index (χ1) is 12.7. The van der Waals surface area contributed by atoms with Crippen LogP contribution < -0.4 is 5.32 Å². The molecule has 0 aliphatic heterocycles. The van der Waals surface area contributed by atoms with E-state index in [0.717, 1.165) is 24.2 Å². The molecule has 128 valence electrons. The zero-order valence-corrected chi connectivity index (χ0v) is 14.6. The number of amides is 1. The van der Waals surface area contributed by atoms with Gasteiger partial charge in [0, 0.05) is 11.6 Å². The van der Waals surface area contributed by atoms with E-state index in [0.29, 0.717) is 27.9 Å². The number of anilines is 1. The molecule has 1 saturated carbocycles. The zero-order valence-electron chi connectivity index (χ0n) is 13.8. The highest BCUT2D eigenvalue weighted by atomic mass is 35.5. The van der Waals surface area contributed by atoms with Crippen LogP contribution in [0.25, 0.3) is 5.69 Å². The number of hydrogen-bond donors (Lipinski definition) is 1. The average Bonchev–Trinajstić information content (AvgIpc) is 3.41. The summed E-state index contributed by atoms with van der Waals surface area (Å²) in [6, 6.07) is 18.3. The molecule has 1 aromatic heterocycles. The number of benzene rings is 2.